The number of aliphatic hydroxyl groups is 1. The maximum atomic E-state index is 14.1. The predicted molar refractivity (Wildman–Crippen MR) is 254 cm³/mol. The molecular formula is C46H63N13O12. The molecule has 18 N–H and O–H groups in total. The number of nitrogens with two attached hydrogens (primary N) is 5. The fourth-order valence-electron chi connectivity index (χ4n) is 7.88. The lowest BCUT2D eigenvalue weighted by Gasteiger charge is -2.30. The molecule has 384 valence electrons. The predicted octanol–water partition coefficient (Wildman–Crippen LogP) is -4.67. The lowest BCUT2D eigenvalue weighted by Crippen LogP contribution is -2.61. The number of carbonyl (C=O) groups excluding carboxylic acids is 11. The number of primary amides is 4. The molecule has 1 saturated heterocycles. The van der Waals surface area contributed by atoms with Gasteiger partial charge in [-0.3, -0.25) is 52.7 Å². The van der Waals surface area contributed by atoms with Crippen molar-refractivity contribution in [3.8, 4) is 0 Å². The smallest absolute Gasteiger partial charge is 0.248 e. The average Bonchev–Trinajstić information content (AvgIpc) is 3.98. The number of para-hydroxylation sites is 1. The van der Waals surface area contributed by atoms with Crippen molar-refractivity contribution in [1.82, 2.24) is 41.8 Å². The SMILES string of the molecule is CC(C)[C@H](NC(=O)[C@@H](N)CCC(N)=O)C(=O)N[C@@H](CC(N)=O)C(=O)N[C@@H](Cc1ccccc1)C(=O)N[C@@H](CO)C(=O)N1CCC[C@H]1C(=O)N[C@@H](CC(N)=O)C(=O)N[C@@H](Cc1c[nH]c2ccccc12)C(N)=O. The van der Waals surface area contributed by atoms with E-state index in [1.165, 1.54) is 0 Å². The van der Waals surface area contributed by atoms with Crippen LogP contribution >= 0.6 is 0 Å². The van der Waals surface area contributed by atoms with Gasteiger partial charge in [0.15, 0.2) is 0 Å². The third-order valence-corrected chi connectivity index (χ3v) is 11.7. The Morgan fingerprint density at radius 2 is 1.23 bits per heavy atom. The summed E-state index contributed by atoms with van der Waals surface area (Å²) in [7, 11) is 0. The summed E-state index contributed by atoms with van der Waals surface area (Å²) in [4.78, 5) is 148. The molecule has 0 saturated carbocycles. The highest BCUT2D eigenvalue weighted by Crippen LogP contribution is 2.21. The van der Waals surface area contributed by atoms with E-state index < -0.39 is 139 Å². The first kappa shape index (κ1) is 55.7. The summed E-state index contributed by atoms with van der Waals surface area (Å²) in [5.41, 5.74) is 29.5. The molecular weight excluding hydrogens is 927 g/mol. The maximum Gasteiger partial charge on any atom is 0.248 e. The van der Waals surface area contributed by atoms with Crippen molar-refractivity contribution >= 4 is 75.9 Å². The summed E-state index contributed by atoms with van der Waals surface area (Å²) in [6, 6.07) is 3.84. The molecule has 1 aliphatic rings. The molecule has 2 heterocycles. The summed E-state index contributed by atoms with van der Waals surface area (Å²) < 4.78 is 0. The third kappa shape index (κ3) is 16.3. The van der Waals surface area contributed by atoms with Gasteiger partial charge < -0.3 is 75.6 Å². The van der Waals surface area contributed by atoms with E-state index >= 15 is 0 Å². The summed E-state index contributed by atoms with van der Waals surface area (Å²) in [6.07, 6.45) is -0.0616. The van der Waals surface area contributed by atoms with Gasteiger partial charge in [0.05, 0.1) is 25.5 Å². The molecule has 4 rings (SSSR count). The molecule has 1 fully saturated rings. The van der Waals surface area contributed by atoms with Crippen LogP contribution in [0.25, 0.3) is 10.9 Å². The Hall–Kier alpha value is -7.93. The van der Waals surface area contributed by atoms with Crippen molar-refractivity contribution < 1.29 is 57.8 Å². The number of aromatic amines is 1. The fraction of sp³-hybridized carbons (Fsp3) is 0.457. The number of likely N-dealkylation sites (tertiary alicyclic amines) is 1. The van der Waals surface area contributed by atoms with Crippen LogP contribution in [0.15, 0.2) is 60.8 Å². The molecule has 8 atom stereocenters. The zero-order valence-corrected chi connectivity index (χ0v) is 39.3. The van der Waals surface area contributed by atoms with Crippen LogP contribution in [0.2, 0.25) is 0 Å². The molecule has 25 heteroatoms. The van der Waals surface area contributed by atoms with E-state index in [4.69, 9.17) is 28.7 Å². The molecule has 0 spiro atoms. The number of amides is 11. The molecule has 2 aromatic carbocycles. The lowest BCUT2D eigenvalue weighted by atomic mass is 10.0. The Bertz CT molecular complexity index is 2450. The molecule has 0 radical (unpaired) electrons. The monoisotopic (exact) mass is 989 g/mol. The number of aromatic nitrogens is 1. The first-order valence-corrected chi connectivity index (χ1v) is 22.8. The molecule has 1 aromatic heterocycles. The second-order valence-corrected chi connectivity index (χ2v) is 17.5. The molecule has 1 aliphatic heterocycles. The van der Waals surface area contributed by atoms with Crippen LogP contribution in [-0.4, -0.2) is 141 Å². The van der Waals surface area contributed by atoms with Crippen molar-refractivity contribution in [2.45, 2.75) is 114 Å². The van der Waals surface area contributed by atoms with E-state index in [1.54, 1.807) is 62.5 Å². The quantitative estimate of drug-likeness (QED) is 0.0342. The number of carbonyl (C=O) groups is 11. The maximum absolute atomic E-state index is 14.1. The Labute approximate surface area is 407 Å². The third-order valence-electron chi connectivity index (χ3n) is 11.7. The van der Waals surface area contributed by atoms with Crippen molar-refractivity contribution in [1.29, 1.82) is 0 Å². The van der Waals surface area contributed by atoms with E-state index in [-0.39, 0.29) is 45.1 Å². The summed E-state index contributed by atoms with van der Waals surface area (Å²) in [5.74, 6) is -10.8. The minimum absolute atomic E-state index is 0.0415. The van der Waals surface area contributed by atoms with Gasteiger partial charge in [0.25, 0.3) is 0 Å². The van der Waals surface area contributed by atoms with Crippen LogP contribution in [-0.2, 0) is 65.6 Å². The first-order valence-electron chi connectivity index (χ1n) is 22.8. The normalized spacial score (nSPS) is 16.2. The van der Waals surface area contributed by atoms with Crippen LogP contribution in [0, 0.1) is 5.92 Å². The Morgan fingerprint density at radius 1 is 0.662 bits per heavy atom. The second-order valence-electron chi connectivity index (χ2n) is 17.5. The van der Waals surface area contributed by atoms with Gasteiger partial charge in [-0.2, -0.15) is 0 Å². The number of hydrogen-bond acceptors (Lipinski definition) is 13. The summed E-state index contributed by atoms with van der Waals surface area (Å²) in [5, 5.41) is 25.9. The number of rotatable bonds is 27. The number of hydrogen-bond donors (Lipinski definition) is 13. The van der Waals surface area contributed by atoms with Crippen LogP contribution < -0.4 is 60.6 Å². The zero-order chi connectivity index (χ0) is 52.5. The van der Waals surface area contributed by atoms with Gasteiger partial charge in [-0.15, -0.1) is 0 Å². The van der Waals surface area contributed by atoms with E-state index in [9.17, 15) is 57.8 Å². The van der Waals surface area contributed by atoms with Crippen molar-refractivity contribution in [2.24, 2.45) is 34.6 Å². The van der Waals surface area contributed by atoms with E-state index in [1.807, 2.05) is 12.1 Å². The van der Waals surface area contributed by atoms with Crippen LogP contribution in [0.4, 0.5) is 0 Å². The molecule has 71 heavy (non-hydrogen) atoms. The first-order chi connectivity index (χ1) is 33.6. The van der Waals surface area contributed by atoms with Crippen LogP contribution in [0.1, 0.15) is 63.5 Å². The van der Waals surface area contributed by atoms with E-state index in [2.05, 4.69) is 36.9 Å². The average molecular weight is 990 g/mol. The lowest BCUT2D eigenvalue weighted by molar-refractivity contribution is -0.143. The highest BCUT2D eigenvalue weighted by Gasteiger charge is 2.40. The molecule has 25 nitrogen and oxygen atoms in total. The van der Waals surface area contributed by atoms with Gasteiger partial charge in [-0.05, 0) is 42.4 Å². The highest BCUT2D eigenvalue weighted by molar-refractivity contribution is 6.00. The largest absolute Gasteiger partial charge is 0.394 e. The van der Waals surface area contributed by atoms with Gasteiger partial charge in [0, 0.05) is 42.9 Å². The number of fused-ring (bicyclic) bond motifs is 1. The van der Waals surface area contributed by atoms with Gasteiger partial charge in [0.1, 0.15) is 42.3 Å². The molecule has 3 aromatic rings. The summed E-state index contributed by atoms with van der Waals surface area (Å²) in [6.45, 7) is 2.12. The van der Waals surface area contributed by atoms with Gasteiger partial charge in [0.2, 0.25) is 65.0 Å². The second kappa shape index (κ2) is 26.2. The molecule has 0 aliphatic carbocycles. The summed E-state index contributed by atoms with van der Waals surface area (Å²) >= 11 is 0. The van der Waals surface area contributed by atoms with E-state index in [0.717, 1.165) is 15.8 Å². The topological polar surface area (TPSA) is 429 Å². The van der Waals surface area contributed by atoms with Crippen molar-refractivity contribution in [3.05, 3.63) is 71.9 Å². The van der Waals surface area contributed by atoms with E-state index in [0.29, 0.717) is 11.1 Å². The Morgan fingerprint density at radius 3 is 1.82 bits per heavy atom. The van der Waals surface area contributed by atoms with Gasteiger partial charge >= 0.3 is 0 Å². The van der Waals surface area contributed by atoms with Crippen molar-refractivity contribution in [2.75, 3.05) is 13.2 Å². The number of nitrogens with zero attached hydrogens (tertiary/aromatic N) is 1. The van der Waals surface area contributed by atoms with Crippen LogP contribution in [0.3, 0.4) is 0 Å². The Balaban J connectivity index is 1.49. The standard InChI is InChI=1S/C46H63N13O12/c1-23(2)38(58-40(65)27(47)14-15-35(48)61)45(70)56-32(20-37(50)63)43(68)54-30(17-24-9-4-3-5-10-24)41(66)57-33(22-60)46(71)59-16-8-13-34(59)44(69)55-31(19-36(49)62)42(67)53-29(39(51)64)18-25-21-52-28-12-7-6-11-26(25)28/h3-7,9-12,21,23,27,29-34,38,52,60H,8,13-20,22,47H2,1-2H3,(H2,48,61)(H2,49,62)(H2,50,63)(H2,51,64)(H,53,67)(H,54,68)(H,55,69)(H,56,70)(H,57,66)(H,58,65)/t27-,29-,30-,31-,32-,33-,34-,38-/m0/s1. The number of H-pyrrole nitrogens is 1. The minimum atomic E-state index is -1.71. The number of nitrogens with one attached hydrogen (secondary N) is 7. The highest BCUT2D eigenvalue weighted by atomic mass is 16.3. The van der Waals surface area contributed by atoms with Gasteiger partial charge in [-0.1, -0.05) is 62.4 Å². The van der Waals surface area contributed by atoms with Gasteiger partial charge in [-0.25, -0.2) is 0 Å². The minimum Gasteiger partial charge on any atom is -0.394 e. The molecule has 0 bridgehead atoms. The molecule has 0 unspecified atom stereocenters. The number of benzene rings is 2. The Kier molecular flexibility index (Phi) is 20.5. The zero-order valence-electron chi connectivity index (χ0n) is 39.3. The molecule has 11 amide bonds. The fourth-order valence-corrected chi connectivity index (χ4v) is 7.88. The van der Waals surface area contributed by atoms with Crippen molar-refractivity contribution in [3.63, 3.8) is 0 Å². The van der Waals surface area contributed by atoms with Crippen LogP contribution in [0.5, 0.6) is 0 Å². The number of aliphatic hydroxyl groups excluding tert-OH is 1.